The molecule has 2 aromatic rings. The van der Waals surface area contributed by atoms with Gasteiger partial charge in [-0.15, -0.1) is 0 Å². The summed E-state index contributed by atoms with van der Waals surface area (Å²) in [4.78, 5) is 19.6. The molecule has 5 nitrogen and oxygen atoms in total. The van der Waals surface area contributed by atoms with Crippen molar-refractivity contribution in [1.82, 2.24) is 15.3 Å². The number of H-pyrrole nitrogens is 1. The molecule has 0 saturated heterocycles. The van der Waals surface area contributed by atoms with E-state index in [9.17, 15) is 4.79 Å². The van der Waals surface area contributed by atoms with Crippen molar-refractivity contribution in [2.45, 2.75) is 76.7 Å². The van der Waals surface area contributed by atoms with E-state index in [-0.39, 0.29) is 5.56 Å². The number of nitrogens with one attached hydrogen (secondary N) is 3. The molecule has 0 aliphatic heterocycles. The maximum absolute atomic E-state index is 12.3. The summed E-state index contributed by atoms with van der Waals surface area (Å²) in [6.45, 7) is 3.90. The molecule has 0 amide bonds. The minimum atomic E-state index is -0.0589. The van der Waals surface area contributed by atoms with Crippen molar-refractivity contribution in [3.8, 4) is 0 Å². The van der Waals surface area contributed by atoms with Crippen LogP contribution in [0.4, 0.5) is 5.69 Å². The van der Waals surface area contributed by atoms with Crippen molar-refractivity contribution in [2.24, 2.45) is 17.8 Å². The second-order valence-electron chi connectivity index (χ2n) is 10.3. The first kappa shape index (κ1) is 20.0. The Morgan fingerprint density at radius 1 is 1.00 bits per heavy atom. The van der Waals surface area contributed by atoms with E-state index < -0.39 is 0 Å². The molecule has 4 aliphatic rings. The standard InChI is InChI=1S/C25H36N4O/c1-17-28-22-8-6-7-21(23(22)24(30)29-17)26-9-4-2-3-5-10-27-25-14-18-11-19(15-25)13-20(12-18)16-25/h6-8,18-20,26-27H,2-5,9-16H2,1H3,(H,28,29,30). The molecule has 0 atom stereocenters. The lowest BCUT2D eigenvalue weighted by molar-refractivity contribution is -0.0196. The van der Waals surface area contributed by atoms with Crippen LogP contribution in [0, 0.1) is 24.7 Å². The lowest BCUT2D eigenvalue weighted by Gasteiger charge is -2.57. The smallest absolute Gasteiger partial charge is 0.260 e. The SMILES string of the molecule is Cc1nc2cccc(NCCCCCCNC34CC5CC(CC(C5)C3)C4)c2c(=O)[nH]1. The molecule has 0 unspecified atom stereocenters. The zero-order valence-electron chi connectivity index (χ0n) is 18.3. The van der Waals surface area contributed by atoms with Crippen molar-refractivity contribution in [3.63, 3.8) is 0 Å². The second-order valence-corrected chi connectivity index (χ2v) is 10.3. The van der Waals surface area contributed by atoms with Crippen LogP contribution in [-0.2, 0) is 0 Å². The quantitative estimate of drug-likeness (QED) is 0.523. The Kier molecular flexibility index (Phi) is 5.57. The first-order valence-electron chi connectivity index (χ1n) is 12.1. The number of benzene rings is 1. The molecule has 1 heterocycles. The van der Waals surface area contributed by atoms with Crippen molar-refractivity contribution in [3.05, 3.63) is 34.4 Å². The third-order valence-electron chi connectivity index (χ3n) is 7.81. The fourth-order valence-corrected chi connectivity index (χ4v) is 6.96. The summed E-state index contributed by atoms with van der Waals surface area (Å²) in [5.41, 5.74) is 2.10. The Labute approximate surface area is 179 Å². The monoisotopic (exact) mass is 408 g/mol. The number of fused-ring (bicyclic) bond motifs is 1. The lowest BCUT2D eigenvalue weighted by atomic mass is 9.53. The van der Waals surface area contributed by atoms with Crippen molar-refractivity contribution in [1.29, 1.82) is 0 Å². The summed E-state index contributed by atoms with van der Waals surface area (Å²) in [5, 5.41) is 8.14. The summed E-state index contributed by atoms with van der Waals surface area (Å²) >= 11 is 0. The zero-order chi connectivity index (χ0) is 20.6. The van der Waals surface area contributed by atoms with Gasteiger partial charge in [0.25, 0.3) is 5.56 Å². The number of aromatic nitrogens is 2. The molecule has 30 heavy (non-hydrogen) atoms. The summed E-state index contributed by atoms with van der Waals surface area (Å²) in [6, 6.07) is 5.84. The van der Waals surface area contributed by atoms with Crippen LogP contribution in [0.3, 0.4) is 0 Å². The predicted molar refractivity (Wildman–Crippen MR) is 123 cm³/mol. The minimum Gasteiger partial charge on any atom is -0.384 e. The van der Waals surface area contributed by atoms with Crippen LogP contribution in [0.25, 0.3) is 10.9 Å². The van der Waals surface area contributed by atoms with Crippen LogP contribution in [0.2, 0.25) is 0 Å². The largest absolute Gasteiger partial charge is 0.384 e. The molecule has 0 spiro atoms. The van der Waals surface area contributed by atoms with Crippen LogP contribution in [-0.4, -0.2) is 28.6 Å². The average molecular weight is 409 g/mol. The molecule has 1 aromatic heterocycles. The lowest BCUT2D eigenvalue weighted by Crippen LogP contribution is -2.58. The third-order valence-corrected chi connectivity index (χ3v) is 7.81. The van der Waals surface area contributed by atoms with Gasteiger partial charge in [-0.05, 0) is 94.7 Å². The Morgan fingerprint density at radius 2 is 1.67 bits per heavy atom. The molecular formula is C25H36N4O. The minimum absolute atomic E-state index is 0.0589. The van der Waals surface area contributed by atoms with E-state index in [4.69, 9.17) is 0 Å². The van der Waals surface area contributed by atoms with E-state index in [1.54, 1.807) is 0 Å². The normalized spacial score (nSPS) is 29.6. The van der Waals surface area contributed by atoms with Gasteiger partial charge >= 0.3 is 0 Å². The number of nitrogens with zero attached hydrogens (tertiary/aromatic N) is 1. The van der Waals surface area contributed by atoms with Gasteiger partial charge in [0, 0.05) is 17.8 Å². The Morgan fingerprint density at radius 3 is 2.37 bits per heavy atom. The van der Waals surface area contributed by atoms with Gasteiger partial charge in [0.15, 0.2) is 0 Å². The predicted octanol–water partition coefficient (Wildman–Crippen LogP) is 4.76. The summed E-state index contributed by atoms with van der Waals surface area (Å²) < 4.78 is 0. The van der Waals surface area contributed by atoms with E-state index in [2.05, 4.69) is 20.6 Å². The number of unbranched alkanes of at least 4 members (excludes halogenated alkanes) is 3. The highest BCUT2D eigenvalue weighted by molar-refractivity contribution is 5.90. The second kappa shape index (κ2) is 8.33. The first-order chi connectivity index (χ1) is 14.6. The van der Waals surface area contributed by atoms with Crippen molar-refractivity contribution >= 4 is 16.6 Å². The maximum atomic E-state index is 12.3. The summed E-state index contributed by atoms with van der Waals surface area (Å²) in [5.74, 6) is 3.73. The van der Waals surface area contributed by atoms with Gasteiger partial charge in [-0.3, -0.25) is 4.79 Å². The number of hydrogen-bond acceptors (Lipinski definition) is 4. The number of aromatic amines is 1. The summed E-state index contributed by atoms with van der Waals surface area (Å²) in [6.07, 6.45) is 13.8. The number of aryl methyl sites for hydroxylation is 1. The zero-order valence-corrected chi connectivity index (χ0v) is 18.3. The van der Waals surface area contributed by atoms with Crippen LogP contribution in [0.15, 0.2) is 23.0 Å². The van der Waals surface area contributed by atoms with Gasteiger partial charge in [-0.2, -0.15) is 0 Å². The van der Waals surface area contributed by atoms with E-state index in [1.165, 1.54) is 64.3 Å². The molecule has 6 rings (SSSR count). The molecule has 1 aromatic carbocycles. The van der Waals surface area contributed by atoms with Gasteiger partial charge in [0.2, 0.25) is 0 Å². The van der Waals surface area contributed by atoms with E-state index in [0.29, 0.717) is 16.7 Å². The summed E-state index contributed by atoms with van der Waals surface area (Å²) in [7, 11) is 0. The fraction of sp³-hybridized carbons (Fsp3) is 0.680. The number of rotatable bonds is 9. The molecular weight excluding hydrogens is 372 g/mol. The molecule has 162 valence electrons. The Balaban J connectivity index is 1.03. The van der Waals surface area contributed by atoms with Gasteiger partial charge in [0.1, 0.15) is 5.82 Å². The molecule has 4 bridgehead atoms. The van der Waals surface area contributed by atoms with Crippen molar-refractivity contribution < 1.29 is 0 Å². The van der Waals surface area contributed by atoms with Gasteiger partial charge in [-0.1, -0.05) is 18.9 Å². The third kappa shape index (κ3) is 4.14. The molecule has 4 aliphatic carbocycles. The molecule has 3 N–H and O–H groups in total. The first-order valence-corrected chi connectivity index (χ1v) is 12.1. The number of anilines is 1. The average Bonchev–Trinajstić information content (AvgIpc) is 2.68. The highest BCUT2D eigenvalue weighted by Crippen LogP contribution is 2.55. The highest BCUT2D eigenvalue weighted by Gasteiger charge is 2.50. The number of hydrogen-bond donors (Lipinski definition) is 3. The van der Waals surface area contributed by atoms with Crippen LogP contribution in [0.5, 0.6) is 0 Å². The maximum Gasteiger partial charge on any atom is 0.260 e. The molecule has 4 saturated carbocycles. The van der Waals surface area contributed by atoms with Gasteiger partial charge < -0.3 is 15.6 Å². The Hall–Kier alpha value is -1.88. The van der Waals surface area contributed by atoms with E-state index >= 15 is 0 Å². The van der Waals surface area contributed by atoms with Crippen LogP contribution < -0.4 is 16.2 Å². The van der Waals surface area contributed by atoms with E-state index in [0.717, 1.165) is 41.9 Å². The van der Waals surface area contributed by atoms with Gasteiger partial charge in [-0.25, -0.2) is 4.98 Å². The molecule has 4 fully saturated rings. The highest BCUT2D eigenvalue weighted by atomic mass is 16.1. The van der Waals surface area contributed by atoms with Gasteiger partial charge in [0.05, 0.1) is 10.9 Å². The van der Waals surface area contributed by atoms with Crippen LogP contribution in [0.1, 0.15) is 70.0 Å². The fourth-order valence-electron chi connectivity index (χ4n) is 6.96. The van der Waals surface area contributed by atoms with Crippen molar-refractivity contribution in [2.75, 3.05) is 18.4 Å². The Bertz CT molecular complexity index is 915. The van der Waals surface area contributed by atoms with E-state index in [1.807, 2.05) is 25.1 Å². The molecule has 0 radical (unpaired) electrons. The topological polar surface area (TPSA) is 69.8 Å². The molecule has 5 heteroatoms. The van der Waals surface area contributed by atoms with Crippen LogP contribution >= 0.6 is 0 Å².